The summed E-state index contributed by atoms with van der Waals surface area (Å²) >= 11 is 0. The number of pyridine rings is 1. The predicted octanol–water partition coefficient (Wildman–Crippen LogP) is 1.77. The summed E-state index contributed by atoms with van der Waals surface area (Å²) in [5.74, 6) is 1.70. The number of hydrogen-bond acceptors (Lipinski definition) is 3. The number of nitrogens with zero attached hydrogens (tertiary/aromatic N) is 3. The Kier molecular flexibility index (Phi) is 7.39. The maximum atomic E-state index is 5.56. The van der Waals surface area contributed by atoms with Crippen LogP contribution in [-0.2, 0) is 0 Å². The lowest BCUT2D eigenvalue weighted by atomic mass is 10.3. The second-order valence-electron chi connectivity index (χ2n) is 4.29. The van der Waals surface area contributed by atoms with Gasteiger partial charge in [-0.05, 0) is 18.6 Å². The maximum absolute atomic E-state index is 5.56. The zero-order chi connectivity index (χ0) is 13.9. The molecule has 1 rings (SSSR count). The third-order valence-electron chi connectivity index (χ3n) is 2.71. The molecule has 0 aliphatic heterocycles. The van der Waals surface area contributed by atoms with Crippen LogP contribution in [-0.4, -0.2) is 49.6 Å². The van der Waals surface area contributed by atoms with Crippen LogP contribution in [0, 0.1) is 0 Å². The predicted molar refractivity (Wildman–Crippen MR) is 78.6 cm³/mol. The third kappa shape index (κ3) is 6.08. The highest BCUT2D eigenvalue weighted by molar-refractivity contribution is 5.79. The van der Waals surface area contributed by atoms with Gasteiger partial charge in [0.05, 0.1) is 12.7 Å². The molecule has 1 aromatic rings. The largest absolute Gasteiger partial charge is 0.490 e. The Morgan fingerprint density at radius 1 is 1.53 bits per heavy atom. The quantitative estimate of drug-likeness (QED) is 0.463. The number of unbranched alkanes of at least 4 members (excludes halogenated alkanes) is 1. The molecule has 5 nitrogen and oxygen atoms in total. The number of guanidine groups is 1. The van der Waals surface area contributed by atoms with E-state index in [2.05, 4.69) is 27.1 Å². The number of aliphatic imine (C=N–C) groups is 1. The molecule has 19 heavy (non-hydrogen) atoms. The number of hydrogen-bond donors (Lipinski definition) is 1. The van der Waals surface area contributed by atoms with E-state index in [1.54, 1.807) is 19.4 Å². The van der Waals surface area contributed by atoms with Gasteiger partial charge < -0.3 is 15.0 Å². The molecule has 0 unspecified atom stereocenters. The summed E-state index contributed by atoms with van der Waals surface area (Å²) in [4.78, 5) is 10.4. The van der Waals surface area contributed by atoms with Gasteiger partial charge >= 0.3 is 0 Å². The first-order valence-corrected chi connectivity index (χ1v) is 6.72. The van der Waals surface area contributed by atoms with Gasteiger partial charge in [0.15, 0.2) is 5.96 Å². The van der Waals surface area contributed by atoms with Gasteiger partial charge in [-0.25, -0.2) is 0 Å². The van der Waals surface area contributed by atoms with Crippen molar-refractivity contribution in [3.63, 3.8) is 0 Å². The SMILES string of the molecule is CCCCN(C)C(=NC)NCCOc1cccnc1. The molecule has 0 bridgehead atoms. The molecule has 0 atom stereocenters. The van der Waals surface area contributed by atoms with Gasteiger partial charge in [-0.3, -0.25) is 9.98 Å². The van der Waals surface area contributed by atoms with E-state index in [1.807, 2.05) is 19.2 Å². The Bertz CT molecular complexity index is 367. The van der Waals surface area contributed by atoms with Crippen molar-refractivity contribution in [1.82, 2.24) is 15.2 Å². The standard InChI is InChI=1S/C14H24N4O/c1-4-5-10-18(3)14(15-2)17-9-11-19-13-7-6-8-16-12-13/h6-8,12H,4-5,9-11H2,1-3H3,(H,15,17). The zero-order valence-electron chi connectivity index (χ0n) is 12.1. The van der Waals surface area contributed by atoms with Crippen LogP contribution in [0.2, 0.25) is 0 Å². The summed E-state index contributed by atoms with van der Waals surface area (Å²) in [6, 6.07) is 3.76. The fourth-order valence-electron chi connectivity index (χ4n) is 1.65. The highest BCUT2D eigenvalue weighted by Gasteiger charge is 2.03. The van der Waals surface area contributed by atoms with Gasteiger partial charge in [-0.15, -0.1) is 0 Å². The fourth-order valence-corrected chi connectivity index (χ4v) is 1.65. The first-order valence-electron chi connectivity index (χ1n) is 6.72. The minimum atomic E-state index is 0.590. The second kappa shape index (κ2) is 9.19. The molecule has 0 saturated heterocycles. The molecule has 0 spiro atoms. The molecule has 0 aliphatic rings. The van der Waals surface area contributed by atoms with Crippen LogP contribution >= 0.6 is 0 Å². The molecule has 1 aromatic heterocycles. The van der Waals surface area contributed by atoms with Crippen molar-refractivity contribution in [3.8, 4) is 5.75 Å². The lowest BCUT2D eigenvalue weighted by Gasteiger charge is -2.21. The zero-order valence-corrected chi connectivity index (χ0v) is 12.1. The van der Waals surface area contributed by atoms with Crippen molar-refractivity contribution in [2.24, 2.45) is 4.99 Å². The van der Waals surface area contributed by atoms with E-state index in [-0.39, 0.29) is 0 Å². The molecule has 5 heteroatoms. The molecule has 106 valence electrons. The van der Waals surface area contributed by atoms with Crippen molar-refractivity contribution < 1.29 is 4.74 Å². The maximum Gasteiger partial charge on any atom is 0.193 e. The fraction of sp³-hybridized carbons (Fsp3) is 0.571. The number of ether oxygens (including phenoxy) is 1. The molecule has 0 fully saturated rings. The van der Waals surface area contributed by atoms with Crippen LogP contribution in [0.15, 0.2) is 29.5 Å². The molecule has 0 amide bonds. The summed E-state index contributed by atoms with van der Waals surface area (Å²) in [6.45, 7) is 4.51. The van der Waals surface area contributed by atoms with E-state index in [1.165, 1.54) is 12.8 Å². The molecular formula is C14H24N4O. The molecule has 0 aliphatic carbocycles. The van der Waals surface area contributed by atoms with Gasteiger partial charge in [0, 0.05) is 26.8 Å². The normalized spacial score (nSPS) is 11.2. The smallest absolute Gasteiger partial charge is 0.193 e. The van der Waals surface area contributed by atoms with Crippen molar-refractivity contribution in [2.75, 3.05) is 33.8 Å². The van der Waals surface area contributed by atoms with Crippen LogP contribution in [0.4, 0.5) is 0 Å². The van der Waals surface area contributed by atoms with Gasteiger partial charge in [-0.1, -0.05) is 13.3 Å². The second-order valence-corrected chi connectivity index (χ2v) is 4.29. The van der Waals surface area contributed by atoms with Crippen molar-refractivity contribution >= 4 is 5.96 Å². The summed E-state index contributed by atoms with van der Waals surface area (Å²) in [5, 5.41) is 3.28. The van der Waals surface area contributed by atoms with Crippen LogP contribution in [0.25, 0.3) is 0 Å². The molecular weight excluding hydrogens is 240 g/mol. The summed E-state index contributed by atoms with van der Waals surface area (Å²) in [5.41, 5.74) is 0. The van der Waals surface area contributed by atoms with Crippen LogP contribution in [0.5, 0.6) is 5.75 Å². The minimum absolute atomic E-state index is 0.590. The van der Waals surface area contributed by atoms with E-state index in [4.69, 9.17) is 4.74 Å². The van der Waals surface area contributed by atoms with Gasteiger partial charge in [-0.2, -0.15) is 0 Å². The molecule has 1 heterocycles. The molecule has 1 N–H and O–H groups in total. The highest BCUT2D eigenvalue weighted by atomic mass is 16.5. The Balaban J connectivity index is 2.23. The summed E-state index contributed by atoms with van der Waals surface area (Å²) in [6.07, 6.45) is 5.80. The molecule has 0 saturated carbocycles. The van der Waals surface area contributed by atoms with Crippen LogP contribution in [0.3, 0.4) is 0 Å². The monoisotopic (exact) mass is 264 g/mol. The first-order chi connectivity index (χ1) is 9.27. The van der Waals surface area contributed by atoms with E-state index < -0.39 is 0 Å². The Hall–Kier alpha value is -1.78. The van der Waals surface area contributed by atoms with E-state index in [0.29, 0.717) is 6.61 Å². The van der Waals surface area contributed by atoms with Crippen LogP contribution < -0.4 is 10.1 Å². The lowest BCUT2D eigenvalue weighted by Crippen LogP contribution is -2.41. The van der Waals surface area contributed by atoms with Crippen molar-refractivity contribution in [1.29, 1.82) is 0 Å². The molecule has 0 radical (unpaired) electrons. The van der Waals surface area contributed by atoms with Gasteiger partial charge in [0.2, 0.25) is 0 Å². The Morgan fingerprint density at radius 2 is 2.37 bits per heavy atom. The Morgan fingerprint density at radius 3 is 3.00 bits per heavy atom. The molecule has 0 aromatic carbocycles. The van der Waals surface area contributed by atoms with E-state index >= 15 is 0 Å². The Labute approximate surface area is 115 Å². The minimum Gasteiger partial charge on any atom is -0.490 e. The van der Waals surface area contributed by atoms with E-state index in [9.17, 15) is 0 Å². The summed E-state index contributed by atoms with van der Waals surface area (Å²) < 4.78 is 5.56. The summed E-state index contributed by atoms with van der Waals surface area (Å²) in [7, 11) is 3.85. The number of aromatic nitrogens is 1. The first kappa shape index (κ1) is 15.3. The average Bonchev–Trinajstić information content (AvgIpc) is 2.46. The number of rotatable bonds is 7. The topological polar surface area (TPSA) is 49.8 Å². The third-order valence-corrected chi connectivity index (χ3v) is 2.71. The lowest BCUT2D eigenvalue weighted by molar-refractivity contribution is 0.318. The van der Waals surface area contributed by atoms with Gasteiger partial charge in [0.1, 0.15) is 12.4 Å². The average molecular weight is 264 g/mol. The van der Waals surface area contributed by atoms with Crippen molar-refractivity contribution in [2.45, 2.75) is 19.8 Å². The van der Waals surface area contributed by atoms with Crippen LogP contribution in [0.1, 0.15) is 19.8 Å². The highest BCUT2D eigenvalue weighted by Crippen LogP contribution is 2.04. The van der Waals surface area contributed by atoms with Crippen molar-refractivity contribution in [3.05, 3.63) is 24.5 Å². The van der Waals surface area contributed by atoms with Gasteiger partial charge in [0.25, 0.3) is 0 Å². The number of nitrogens with one attached hydrogen (secondary N) is 1. The van der Waals surface area contributed by atoms with E-state index in [0.717, 1.165) is 24.8 Å².